The van der Waals surface area contributed by atoms with E-state index in [1.807, 2.05) is 47.9 Å². The quantitative estimate of drug-likeness (QED) is 0.548. The fourth-order valence-electron chi connectivity index (χ4n) is 3.12. The zero-order valence-corrected chi connectivity index (χ0v) is 12.9. The Morgan fingerprint density at radius 1 is 1.17 bits per heavy atom. The number of ether oxygens (including phenoxy) is 1. The van der Waals surface area contributed by atoms with Crippen LogP contribution in [0, 0.1) is 0 Å². The van der Waals surface area contributed by atoms with Crippen molar-refractivity contribution in [3.05, 3.63) is 65.9 Å². The third kappa shape index (κ3) is 2.23. The number of hydrogen-bond donors (Lipinski definition) is 0. The molecule has 114 valence electrons. The fraction of sp³-hybridized carbons (Fsp3) is 0.158. The van der Waals surface area contributed by atoms with Crippen molar-refractivity contribution in [3.8, 4) is 0 Å². The summed E-state index contributed by atoms with van der Waals surface area (Å²) in [5.41, 5.74) is 3.89. The Bertz CT molecular complexity index is 923. The molecule has 0 fully saturated rings. The molecule has 0 radical (unpaired) electrons. The van der Waals surface area contributed by atoms with E-state index in [0.29, 0.717) is 19.0 Å². The lowest BCUT2D eigenvalue weighted by molar-refractivity contribution is -0.471. The molecule has 1 aliphatic rings. The topological polar surface area (TPSA) is 34.2 Å². The molecule has 2 aromatic carbocycles. The van der Waals surface area contributed by atoms with Crippen LogP contribution in [-0.4, -0.2) is 27.9 Å². The molecule has 0 atom stereocenters. The summed E-state index contributed by atoms with van der Waals surface area (Å²) in [5.74, 6) is -0.274. The van der Waals surface area contributed by atoms with Crippen LogP contribution >= 0.6 is 0 Å². The molecule has 0 saturated carbocycles. The Hall–Kier alpha value is -2.88. The first-order chi connectivity index (χ1) is 11.3. The Balaban J connectivity index is 1.89. The molecular formula is C19H17N2O2+. The number of aromatic nitrogens is 1. The van der Waals surface area contributed by atoms with Crippen LogP contribution < -0.4 is 0 Å². The second-order valence-electron chi connectivity index (χ2n) is 5.54. The molecule has 0 bridgehead atoms. The van der Waals surface area contributed by atoms with Gasteiger partial charge in [0.05, 0.1) is 17.7 Å². The van der Waals surface area contributed by atoms with Gasteiger partial charge in [0.25, 0.3) is 0 Å². The van der Waals surface area contributed by atoms with Crippen LogP contribution in [0.4, 0.5) is 5.69 Å². The summed E-state index contributed by atoms with van der Waals surface area (Å²) in [6.07, 6.45) is 2.13. The van der Waals surface area contributed by atoms with Gasteiger partial charge in [-0.1, -0.05) is 30.3 Å². The minimum absolute atomic E-state index is 0.274. The molecule has 4 heteroatoms. The van der Waals surface area contributed by atoms with Crippen LogP contribution in [0.25, 0.3) is 10.9 Å². The molecule has 0 unspecified atom stereocenters. The Morgan fingerprint density at radius 2 is 2.00 bits per heavy atom. The summed E-state index contributed by atoms with van der Waals surface area (Å²) in [7, 11) is 0. The zero-order valence-electron chi connectivity index (χ0n) is 12.9. The molecular weight excluding hydrogens is 288 g/mol. The monoisotopic (exact) mass is 305 g/mol. The van der Waals surface area contributed by atoms with Crippen LogP contribution in [0.5, 0.6) is 0 Å². The molecule has 0 aliphatic carbocycles. The number of para-hydroxylation sites is 2. The van der Waals surface area contributed by atoms with Gasteiger partial charge >= 0.3 is 5.97 Å². The summed E-state index contributed by atoms with van der Waals surface area (Å²) in [5, 5.41) is 1.06. The van der Waals surface area contributed by atoms with Gasteiger partial charge in [0.2, 0.25) is 12.4 Å². The van der Waals surface area contributed by atoms with Crippen molar-refractivity contribution in [1.82, 2.24) is 4.57 Å². The van der Waals surface area contributed by atoms with Crippen LogP contribution in [0.15, 0.2) is 54.6 Å². The molecule has 3 aromatic rings. The molecule has 2 heterocycles. The van der Waals surface area contributed by atoms with Gasteiger partial charge in [-0.2, -0.15) is 4.58 Å². The highest BCUT2D eigenvalue weighted by Crippen LogP contribution is 2.28. The first kappa shape index (κ1) is 13.8. The molecule has 0 saturated heterocycles. The molecule has 1 aliphatic heterocycles. The molecule has 4 nitrogen and oxygen atoms in total. The van der Waals surface area contributed by atoms with Crippen molar-refractivity contribution in [1.29, 1.82) is 0 Å². The maximum atomic E-state index is 12.3. The molecule has 23 heavy (non-hydrogen) atoms. The van der Waals surface area contributed by atoms with Gasteiger partial charge in [-0.25, -0.2) is 4.79 Å². The van der Waals surface area contributed by atoms with Gasteiger partial charge in [-0.3, -0.25) is 4.57 Å². The van der Waals surface area contributed by atoms with E-state index in [1.54, 1.807) is 0 Å². The smallest absolute Gasteiger partial charge is 0.355 e. The van der Waals surface area contributed by atoms with E-state index in [2.05, 4.69) is 29.0 Å². The van der Waals surface area contributed by atoms with Gasteiger partial charge in [-0.15, -0.1) is 0 Å². The number of rotatable bonds is 3. The van der Waals surface area contributed by atoms with Crippen LogP contribution in [-0.2, 0) is 11.4 Å². The average molecular weight is 305 g/mol. The second kappa shape index (κ2) is 5.39. The highest BCUT2D eigenvalue weighted by molar-refractivity contribution is 6.02. The zero-order chi connectivity index (χ0) is 15.8. The third-order valence-corrected chi connectivity index (χ3v) is 4.11. The van der Waals surface area contributed by atoms with Crippen molar-refractivity contribution < 1.29 is 14.1 Å². The lowest BCUT2D eigenvalue weighted by Crippen LogP contribution is -2.22. The first-order valence-electron chi connectivity index (χ1n) is 7.74. The van der Waals surface area contributed by atoms with E-state index in [0.717, 1.165) is 22.2 Å². The minimum Gasteiger partial charge on any atom is -0.461 e. The van der Waals surface area contributed by atoms with E-state index in [4.69, 9.17) is 4.74 Å². The van der Waals surface area contributed by atoms with Gasteiger partial charge in [0.15, 0.2) is 6.21 Å². The predicted octanol–water partition coefficient (Wildman–Crippen LogP) is 3.55. The maximum Gasteiger partial charge on any atom is 0.355 e. The maximum absolute atomic E-state index is 12.3. The standard InChI is InChI=1S/C19H17N2O2/c1-2-23-19(22)17-11-14-7-6-8-15-12-20(13-21(17)18(14)15)16-9-4-3-5-10-16/h3-12H,2,13H2,1H3/q+1. The molecule has 0 amide bonds. The lowest BCUT2D eigenvalue weighted by atomic mass is 10.1. The van der Waals surface area contributed by atoms with Crippen LogP contribution in [0.1, 0.15) is 23.0 Å². The number of carbonyl (C=O) groups excluding carboxylic acids is 1. The number of hydrogen-bond acceptors (Lipinski definition) is 2. The Kier molecular flexibility index (Phi) is 3.23. The summed E-state index contributed by atoms with van der Waals surface area (Å²) in [6.45, 7) is 2.80. The minimum atomic E-state index is -0.274. The summed E-state index contributed by atoms with van der Waals surface area (Å²) in [4.78, 5) is 12.3. The Labute approximate surface area is 134 Å². The summed E-state index contributed by atoms with van der Waals surface area (Å²) < 4.78 is 9.40. The number of benzene rings is 2. The van der Waals surface area contributed by atoms with E-state index < -0.39 is 0 Å². The largest absolute Gasteiger partial charge is 0.461 e. The van der Waals surface area contributed by atoms with E-state index in [1.165, 1.54) is 0 Å². The van der Waals surface area contributed by atoms with Crippen LogP contribution in [0.2, 0.25) is 0 Å². The highest BCUT2D eigenvalue weighted by atomic mass is 16.5. The van der Waals surface area contributed by atoms with Gasteiger partial charge < -0.3 is 4.74 Å². The number of carbonyl (C=O) groups is 1. The van der Waals surface area contributed by atoms with Gasteiger partial charge in [0.1, 0.15) is 5.69 Å². The average Bonchev–Trinajstić information content (AvgIpc) is 2.96. The number of esters is 1. The van der Waals surface area contributed by atoms with Crippen molar-refractivity contribution in [2.45, 2.75) is 13.6 Å². The molecule has 4 rings (SSSR count). The van der Waals surface area contributed by atoms with Crippen molar-refractivity contribution in [2.24, 2.45) is 0 Å². The van der Waals surface area contributed by atoms with Crippen molar-refractivity contribution in [2.75, 3.05) is 6.61 Å². The molecule has 0 N–H and O–H groups in total. The van der Waals surface area contributed by atoms with E-state index in [9.17, 15) is 4.79 Å². The van der Waals surface area contributed by atoms with Crippen LogP contribution in [0.3, 0.4) is 0 Å². The van der Waals surface area contributed by atoms with E-state index >= 15 is 0 Å². The van der Waals surface area contributed by atoms with E-state index in [-0.39, 0.29) is 5.97 Å². The lowest BCUT2D eigenvalue weighted by Gasteiger charge is -2.14. The molecule has 1 aromatic heterocycles. The Morgan fingerprint density at radius 3 is 2.78 bits per heavy atom. The van der Waals surface area contributed by atoms with Crippen molar-refractivity contribution >= 4 is 28.8 Å². The third-order valence-electron chi connectivity index (χ3n) is 4.11. The normalized spacial score (nSPS) is 13.0. The highest BCUT2D eigenvalue weighted by Gasteiger charge is 2.26. The molecule has 0 spiro atoms. The van der Waals surface area contributed by atoms with Gasteiger partial charge in [0, 0.05) is 17.5 Å². The fourth-order valence-corrected chi connectivity index (χ4v) is 3.12. The summed E-state index contributed by atoms with van der Waals surface area (Å²) >= 11 is 0. The predicted molar refractivity (Wildman–Crippen MR) is 89.4 cm³/mol. The SMILES string of the molecule is CCOC(=O)c1cc2cccc3c2n1C[N+](c1ccccc1)=C3. The first-order valence-corrected chi connectivity index (χ1v) is 7.74. The van der Waals surface area contributed by atoms with Gasteiger partial charge in [-0.05, 0) is 19.1 Å². The van der Waals surface area contributed by atoms with Crippen molar-refractivity contribution in [3.63, 3.8) is 0 Å². The number of nitrogens with zero attached hydrogens (tertiary/aromatic N) is 2. The summed E-state index contributed by atoms with van der Waals surface area (Å²) in [6, 6.07) is 18.2. The second-order valence-corrected chi connectivity index (χ2v) is 5.54.